The van der Waals surface area contributed by atoms with E-state index in [0.29, 0.717) is 22.7 Å². The van der Waals surface area contributed by atoms with E-state index in [1.165, 1.54) is 30.2 Å². The van der Waals surface area contributed by atoms with Gasteiger partial charge in [0.15, 0.2) is 16.1 Å². The summed E-state index contributed by atoms with van der Waals surface area (Å²) in [6, 6.07) is 4.61. The summed E-state index contributed by atoms with van der Waals surface area (Å²) in [7, 11) is 0. The van der Waals surface area contributed by atoms with Crippen molar-refractivity contribution in [1.29, 1.82) is 0 Å². The van der Waals surface area contributed by atoms with Crippen molar-refractivity contribution in [2.24, 2.45) is 10.7 Å². The van der Waals surface area contributed by atoms with Gasteiger partial charge in [-0.2, -0.15) is 0 Å². The van der Waals surface area contributed by atoms with Crippen LogP contribution in [0.4, 0.5) is 4.39 Å². The highest BCUT2D eigenvalue weighted by atomic mass is 35.5. The maximum atomic E-state index is 14.4. The Bertz CT molecular complexity index is 861. The maximum Gasteiger partial charge on any atom is 0.188 e. The number of Topliss-reactive ketones (excluding diaryl/α,β-unsaturated/α-hetero) is 1. The molecule has 3 rings (SSSR count). The van der Waals surface area contributed by atoms with Gasteiger partial charge in [-0.15, -0.1) is 0 Å². The van der Waals surface area contributed by atoms with E-state index in [2.05, 4.69) is 15.0 Å². The number of rotatable bonds is 4. The molecule has 2 aromatic rings. The molecule has 0 bridgehead atoms. The smallest absolute Gasteiger partial charge is 0.188 e. The lowest BCUT2D eigenvalue weighted by Gasteiger charge is -2.30. The Kier molecular flexibility index (Phi) is 6.36. The van der Waals surface area contributed by atoms with Crippen molar-refractivity contribution in [2.45, 2.75) is 32.7 Å². The molecule has 0 saturated carbocycles. The second-order valence-corrected chi connectivity index (χ2v) is 7.41. The topological polar surface area (TPSA) is 81.2 Å². The molecule has 26 heavy (non-hydrogen) atoms. The van der Waals surface area contributed by atoms with Crippen LogP contribution in [0.3, 0.4) is 0 Å². The molecule has 0 aliphatic carbocycles. The third-order valence-electron chi connectivity index (χ3n) is 4.09. The summed E-state index contributed by atoms with van der Waals surface area (Å²) >= 11 is 7.37. The third-order valence-corrected chi connectivity index (χ3v) is 5.16. The van der Waals surface area contributed by atoms with Crippen molar-refractivity contribution >= 4 is 34.3 Å². The maximum absolute atomic E-state index is 14.4. The molecular weight excluding hydrogens is 375 g/mol. The van der Waals surface area contributed by atoms with Gasteiger partial charge in [0.05, 0.1) is 5.54 Å². The molecular formula is C18H20ClFN4OS. The van der Waals surface area contributed by atoms with Gasteiger partial charge in [0.25, 0.3) is 0 Å². The lowest BCUT2D eigenvalue weighted by atomic mass is 9.87. The summed E-state index contributed by atoms with van der Waals surface area (Å²) in [4.78, 5) is 24.7. The molecule has 1 aliphatic heterocycles. The molecule has 1 atom stereocenters. The Morgan fingerprint density at radius 1 is 1.38 bits per heavy atom. The minimum Gasteiger partial charge on any atom is -0.379 e. The number of carbonyl (C=O) groups excluding carboxylic acids is 1. The predicted molar refractivity (Wildman–Crippen MR) is 104 cm³/mol. The Labute approximate surface area is 161 Å². The van der Waals surface area contributed by atoms with Crippen LogP contribution in [0, 0.1) is 5.82 Å². The third kappa shape index (κ3) is 4.22. The number of aromatic nitrogens is 2. The number of hydrogen-bond acceptors (Lipinski definition) is 6. The van der Waals surface area contributed by atoms with Crippen LogP contribution in [0.1, 0.15) is 42.4 Å². The highest BCUT2D eigenvalue weighted by Gasteiger charge is 2.32. The zero-order chi connectivity index (χ0) is 18.0. The number of hydrogen-bond donors (Lipinski definition) is 1. The van der Waals surface area contributed by atoms with Gasteiger partial charge < -0.3 is 5.73 Å². The van der Waals surface area contributed by atoms with Crippen molar-refractivity contribution in [3.8, 4) is 0 Å². The molecule has 138 valence electrons. The van der Waals surface area contributed by atoms with E-state index in [-0.39, 0.29) is 36.3 Å². The number of nitrogens with zero attached hydrogens (tertiary/aromatic N) is 3. The van der Waals surface area contributed by atoms with Gasteiger partial charge in [-0.1, -0.05) is 36.9 Å². The first kappa shape index (κ1) is 20.3. The normalized spacial score (nSPS) is 19.4. The molecule has 0 saturated heterocycles. The summed E-state index contributed by atoms with van der Waals surface area (Å²) < 4.78 is 14.4. The number of thioether (sulfide) groups is 1. The fraction of sp³-hybridized carbons (Fsp3) is 0.333. The molecule has 1 aromatic heterocycles. The van der Waals surface area contributed by atoms with Crippen molar-refractivity contribution in [2.75, 3.05) is 5.75 Å². The van der Waals surface area contributed by atoms with Gasteiger partial charge in [-0.25, -0.2) is 14.4 Å². The number of aliphatic imine (C=N–C) groups is 1. The van der Waals surface area contributed by atoms with Crippen LogP contribution in [-0.4, -0.2) is 26.7 Å². The molecule has 1 aromatic carbocycles. The number of benzene rings is 1. The molecule has 0 amide bonds. The van der Waals surface area contributed by atoms with Crippen LogP contribution in [0.5, 0.6) is 0 Å². The second-order valence-electron chi connectivity index (χ2n) is 5.93. The van der Waals surface area contributed by atoms with Gasteiger partial charge >= 0.3 is 0 Å². The number of amidine groups is 1. The largest absolute Gasteiger partial charge is 0.379 e. The first-order valence-electron chi connectivity index (χ1n) is 7.66. The number of carbonyl (C=O) groups is 1. The highest BCUT2D eigenvalue weighted by Crippen LogP contribution is 2.36. The first-order chi connectivity index (χ1) is 11.9. The summed E-state index contributed by atoms with van der Waals surface area (Å²) in [6.07, 6.45) is 3.55. The molecule has 5 nitrogen and oxygen atoms in total. The van der Waals surface area contributed by atoms with E-state index in [1.54, 1.807) is 12.1 Å². The van der Waals surface area contributed by atoms with E-state index in [0.717, 1.165) is 5.75 Å². The summed E-state index contributed by atoms with van der Waals surface area (Å²) in [5.41, 5.74) is 6.29. The van der Waals surface area contributed by atoms with E-state index in [9.17, 15) is 9.18 Å². The molecule has 0 fully saturated rings. The molecule has 1 aliphatic rings. The van der Waals surface area contributed by atoms with Crippen molar-refractivity contribution in [3.05, 3.63) is 58.4 Å². The van der Waals surface area contributed by atoms with Gasteiger partial charge in [0.1, 0.15) is 11.5 Å². The first-order valence-corrected chi connectivity index (χ1v) is 9.02. The van der Waals surface area contributed by atoms with Crippen molar-refractivity contribution in [1.82, 2.24) is 9.97 Å². The molecule has 8 heteroatoms. The standard InChI is InChI=1S/C17H16ClFN4OS.CH4/c1-17(4-7-25-16(20)23-17)11-8-10(2-3-12(11)19)9-13(24)14-15(18)22-6-5-21-14;/h2-3,5-6,8H,4,7,9H2,1H3,(H2,20,23);1H4/t17-;/m0./s1. The summed E-state index contributed by atoms with van der Waals surface area (Å²) in [5.74, 6) is 0.131. The minimum atomic E-state index is -0.733. The molecule has 2 heterocycles. The quantitative estimate of drug-likeness (QED) is 0.792. The molecule has 0 radical (unpaired) electrons. The average Bonchev–Trinajstić information content (AvgIpc) is 2.56. The van der Waals surface area contributed by atoms with Gasteiger partial charge in [0.2, 0.25) is 0 Å². The van der Waals surface area contributed by atoms with Crippen molar-refractivity contribution in [3.63, 3.8) is 0 Å². The number of ketones is 1. The Hall–Kier alpha value is -1.99. The van der Waals surface area contributed by atoms with Crippen molar-refractivity contribution < 1.29 is 9.18 Å². The minimum absolute atomic E-state index is 0. The van der Waals surface area contributed by atoms with Crippen LogP contribution in [-0.2, 0) is 12.0 Å². The Balaban J connectivity index is 0.00000243. The summed E-state index contributed by atoms with van der Waals surface area (Å²) in [5, 5.41) is 0.504. The molecule has 0 spiro atoms. The Morgan fingerprint density at radius 2 is 2.12 bits per heavy atom. The fourth-order valence-corrected chi connectivity index (χ4v) is 3.94. The average molecular weight is 395 g/mol. The van der Waals surface area contributed by atoms with Crippen LogP contribution in [0.25, 0.3) is 0 Å². The van der Waals surface area contributed by atoms with Gasteiger partial charge in [-0.3, -0.25) is 9.79 Å². The lowest BCUT2D eigenvalue weighted by Crippen LogP contribution is -2.29. The van der Waals surface area contributed by atoms with E-state index >= 15 is 0 Å². The number of halogens is 2. The van der Waals surface area contributed by atoms with Crippen LogP contribution >= 0.6 is 23.4 Å². The van der Waals surface area contributed by atoms with Gasteiger partial charge in [-0.05, 0) is 31.0 Å². The monoisotopic (exact) mass is 394 g/mol. The van der Waals surface area contributed by atoms with E-state index in [4.69, 9.17) is 17.3 Å². The molecule has 2 N–H and O–H groups in total. The predicted octanol–water partition coefficient (Wildman–Crippen LogP) is 4.00. The van der Waals surface area contributed by atoms with E-state index < -0.39 is 5.54 Å². The van der Waals surface area contributed by atoms with E-state index in [1.807, 2.05) is 6.92 Å². The zero-order valence-electron chi connectivity index (χ0n) is 13.5. The van der Waals surface area contributed by atoms with Gasteiger partial charge in [0, 0.05) is 30.1 Å². The fourth-order valence-electron chi connectivity index (χ4n) is 2.75. The SMILES string of the molecule is C.C[C@@]1(c2cc(CC(=O)c3nccnc3Cl)ccc2F)CCSC(N)=N1. The Morgan fingerprint density at radius 3 is 2.81 bits per heavy atom. The number of nitrogens with two attached hydrogens (primary N) is 1. The molecule has 0 unspecified atom stereocenters. The van der Waals surface area contributed by atoms with Crippen LogP contribution in [0.15, 0.2) is 35.6 Å². The zero-order valence-corrected chi connectivity index (χ0v) is 15.1. The highest BCUT2D eigenvalue weighted by molar-refractivity contribution is 8.13. The second kappa shape index (κ2) is 8.14. The lowest BCUT2D eigenvalue weighted by molar-refractivity contribution is 0.0988. The van der Waals surface area contributed by atoms with Crippen LogP contribution < -0.4 is 5.73 Å². The van der Waals surface area contributed by atoms with Crippen LogP contribution in [0.2, 0.25) is 5.15 Å². The summed E-state index contributed by atoms with van der Waals surface area (Å²) in [6.45, 7) is 1.85.